The average molecular weight is 574 g/mol. The number of halogens is 3. The van der Waals surface area contributed by atoms with Crippen LogP contribution < -0.4 is 15.4 Å². The second-order valence-electron chi connectivity index (χ2n) is 7.19. The van der Waals surface area contributed by atoms with Crippen LogP contribution in [-0.4, -0.2) is 63.3 Å². The topological polar surface area (TPSA) is 75.2 Å². The first-order chi connectivity index (χ1) is 15.6. The molecule has 2 N–H and O–H groups in total. The van der Waals surface area contributed by atoms with E-state index >= 15 is 0 Å². The normalized spacial score (nSPS) is 14.9. The zero-order chi connectivity index (χ0) is 22.8. The van der Waals surface area contributed by atoms with E-state index in [2.05, 4.69) is 20.4 Å². The Balaban J connectivity index is 0.00000385. The molecule has 0 spiro atoms. The number of aliphatic imine (C=N–C) groups is 1. The number of nitrogens with one attached hydrogen (secondary N) is 2. The van der Waals surface area contributed by atoms with Gasteiger partial charge >= 0.3 is 6.61 Å². The van der Waals surface area contributed by atoms with E-state index < -0.39 is 12.5 Å². The molecule has 7 nitrogen and oxygen atoms in total. The highest BCUT2D eigenvalue weighted by atomic mass is 127. The molecule has 0 aromatic heterocycles. The van der Waals surface area contributed by atoms with Gasteiger partial charge in [0.1, 0.15) is 5.75 Å². The van der Waals surface area contributed by atoms with Crippen LogP contribution in [0.5, 0.6) is 5.75 Å². The maximum atomic E-state index is 13.2. The summed E-state index contributed by atoms with van der Waals surface area (Å²) in [5.74, 6) is 0.183. The van der Waals surface area contributed by atoms with Crippen molar-refractivity contribution in [1.82, 2.24) is 15.5 Å². The van der Waals surface area contributed by atoms with Crippen molar-refractivity contribution in [3.05, 3.63) is 65.7 Å². The Morgan fingerprint density at radius 2 is 1.76 bits per heavy atom. The molecule has 180 valence electrons. The fourth-order valence-corrected chi connectivity index (χ4v) is 3.50. The number of nitrogens with zero attached hydrogens (tertiary/aromatic N) is 2. The van der Waals surface area contributed by atoms with Crippen molar-refractivity contribution in [3.8, 4) is 5.75 Å². The zero-order valence-electron chi connectivity index (χ0n) is 18.4. The lowest BCUT2D eigenvalue weighted by atomic mass is 9.97. The first kappa shape index (κ1) is 26.8. The standard InChI is InChI=1S/C23H28F2N4O3.HI/c1-26-23(27-15-18-9-5-6-10-20(18)32-22(24)25)28-16-19(17-7-3-2-4-8-17)21(30)29-11-13-31-14-12-29;/h2-10,19,22H,11-16H2,1H3,(H2,26,27,28);1H. The van der Waals surface area contributed by atoms with Gasteiger partial charge in [0.2, 0.25) is 5.91 Å². The van der Waals surface area contributed by atoms with Crippen LogP contribution in [-0.2, 0) is 16.1 Å². The molecule has 1 amide bonds. The molecule has 1 unspecified atom stereocenters. The van der Waals surface area contributed by atoms with Gasteiger partial charge in [-0.2, -0.15) is 8.78 Å². The predicted molar refractivity (Wildman–Crippen MR) is 133 cm³/mol. The number of ether oxygens (including phenoxy) is 2. The summed E-state index contributed by atoms with van der Waals surface area (Å²) in [7, 11) is 1.61. The maximum absolute atomic E-state index is 13.2. The molecule has 2 aromatic rings. The summed E-state index contributed by atoms with van der Waals surface area (Å²) in [6.45, 7) is -0.142. The van der Waals surface area contributed by atoms with Gasteiger partial charge in [0, 0.05) is 38.8 Å². The minimum atomic E-state index is -2.90. The third-order valence-corrected chi connectivity index (χ3v) is 5.15. The van der Waals surface area contributed by atoms with Crippen LogP contribution in [0.1, 0.15) is 17.0 Å². The van der Waals surface area contributed by atoms with Crippen molar-refractivity contribution in [2.75, 3.05) is 39.9 Å². The van der Waals surface area contributed by atoms with Gasteiger partial charge in [0.05, 0.1) is 19.1 Å². The molecule has 0 radical (unpaired) electrons. The van der Waals surface area contributed by atoms with Crippen LogP contribution in [0.2, 0.25) is 0 Å². The summed E-state index contributed by atoms with van der Waals surface area (Å²) in [6, 6.07) is 16.2. The van der Waals surface area contributed by atoms with Crippen molar-refractivity contribution >= 4 is 35.8 Å². The molecule has 1 saturated heterocycles. The number of morpholine rings is 1. The number of benzene rings is 2. The number of para-hydroxylation sites is 1. The molecule has 1 atom stereocenters. The fourth-order valence-electron chi connectivity index (χ4n) is 3.50. The Hall–Kier alpha value is -2.47. The van der Waals surface area contributed by atoms with Gasteiger partial charge in [-0.3, -0.25) is 9.79 Å². The van der Waals surface area contributed by atoms with Crippen LogP contribution in [0.3, 0.4) is 0 Å². The van der Waals surface area contributed by atoms with Gasteiger partial charge in [-0.25, -0.2) is 0 Å². The van der Waals surface area contributed by atoms with Crippen molar-refractivity contribution in [2.24, 2.45) is 4.99 Å². The molecule has 10 heteroatoms. The van der Waals surface area contributed by atoms with E-state index in [1.807, 2.05) is 35.2 Å². The van der Waals surface area contributed by atoms with Crippen molar-refractivity contribution in [3.63, 3.8) is 0 Å². The maximum Gasteiger partial charge on any atom is 0.387 e. The second-order valence-corrected chi connectivity index (χ2v) is 7.19. The Labute approximate surface area is 209 Å². The average Bonchev–Trinajstić information content (AvgIpc) is 2.82. The van der Waals surface area contributed by atoms with Crippen molar-refractivity contribution in [2.45, 2.75) is 19.1 Å². The lowest BCUT2D eigenvalue weighted by Crippen LogP contribution is -2.47. The van der Waals surface area contributed by atoms with Crippen LogP contribution in [0.25, 0.3) is 0 Å². The molecular weight excluding hydrogens is 545 g/mol. The van der Waals surface area contributed by atoms with E-state index in [-0.39, 0.29) is 42.2 Å². The zero-order valence-corrected chi connectivity index (χ0v) is 20.7. The number of carbonyl (C=O) groups excluding carboxylic acids is 1. The molecule has 0 bridgehead atoms. The Morgan fingerprint density at radius 3 is 2.42 bits per heavy atom. The summed E-state index contributed by atoms with van der Waals surface area (Å²) in [6.07, 6.45) is 0. The molecule has 33 heavy (non-hydrogen) atoms. The van der Waals surface area contributed by atoms with E-state index in [1.165, 1.54) is 6.07 Å². The molecular formula is C23H29F2IN4O3. The van der Waals surface area contributed by atoms with E-state index in [0.717, 1.165) is 5.56 Å². The highest BCUT2D eigenvalue weighted by Gasteiger charge is 2.27. The molecule has 0 saturated carbocycles. The summed E-state index contributed by atoms with van der Waals surface area (Å²) in [4.78, 5) is 19.2. The van der Waals surface area contributed by atoms with Crippen molar-refractivity contribution < 1.29 is 23.0 Å². The minimum Gasteiger partial charge on any atom is -0.434 e. The lowest BCUT2D eigenvalue weighted by Gasteiger charge is -2.31. The summed E-state index contributed by atoms with van der Waals surface area (Å²) < 4.78 is 35.2. The number of hydrogen-bond acceptors (Lipinski definition) is 4. The summed E-state index contributed by atoms with van der Waals surface area (Å²) >= 11 is 0. The van der Waals surface area contributed by atoms with E-state index in [1.54, 1.807) is 25.2 Å². The van der Waals surface area contributed by atoms with Gasteiger partial charge in [-0.05, 0) is 11.6 Å². The van der Waals surface area contributed by atoms with E-state index in [0.29, 0.717) is 44.4 Å². The predicted octanol–water partition coefficient (Wildman–Crippen LogP) is 3.21. The van der Waals surface area contributed by atoms with Gasteiger partial charge in [0.25, 0.3) is 0 Å². The molecule has 1 aliphatic rings. The first-order valence-electron chi connectivity index (χ1n) is 10.5. The SMILES string of the molecule is CN=C(NCc1ccccc1OC(F)F)NCC(C(=O)N1CCOCC1)c1ccccc1.I. The number of guanidine groups is 1. The number of hydrogen-bond donors (Lipinski definition) is 2. The summed E-state index contributed by atoms with van der Waals surface area (Å²) in [5, 5.41) is 6.28. The van der Waals surface area contributed by atoms with Crippen LogP contribution in [0.4, 0.5) is 8.78 Å². The highest BCUT2D eigenvalue weighted by Crippen LogP contribution is 2.21. The van der Waals surface area contributed by atoms with Gasteiger partial charge in [0.15, 0.2) is 5.96 Å². The number of rotatable bonds is 8. The highest BCUT2D eigenvalue weighted by molar-refractivity contribution is 14.0. The van der Waals surface area contributed by atoms with Gasteiger partial charge in [-0.1, -0.05) is 48.5 Å². The smallest absolute Gasteiger partial charge is 0.387 e. The lowest BCUT2D eigenvalue weighted by molar-refractivity contribution is -0.136. The van der Waals surface area contributed by atoms with Crippen LogP contribution in [0.15, 0.2) is 59.6 Å². The van der Waals surface area contributed by atoms with Crippen molar-refractivity contribution in [1.29, 1.82) is 0 Å². The van der Waals surface area contributed by atoms with Gasteiger partial charge in [-0.15, -0.1) is 24.0 Å². The van der Waals surface area contributed by atoms with E-state index in [4.69, 9.17) is 4.74 Å². The minimum absolute atomic E-state index is 0. The van der Waals surface area contributed by atoms with E-state index in [9.17, 15) is 13.6 Å². The number of alkyl halides is 2. The first-order valence-corrected chi connectivity index (χ1v) is 10.5. The second kappa shape index (κ2) is 13.9. The third-order valence-electron chi connectivity index (χ3n) is 5.15. The molecule has 3 rings (SSSR count). The Kier molecular flexibility index (Phi) is 11.3. The third kappa shape index (κ3) is 8.11. The molecule has 2 aromatic carbocycles. The Bertz CT molecular complexity index is 896. The molecule has 1 aliphatic heterocycles. The molecule has 0 aliphatic carbocycles. The van der Waals surface area contributed by atoms with Crippen LogP contribution in [0, 0.1) is 0 Å². The largest absolute Gasteiger partial charge is 0.434 e. The number of amides is 1. The quantitative estimate of drug-likeness (QED) is 0.288. The summed E-state index contributed by atoms with van der Waals surface area (Å²) in [5.41, 5.74) is 1.47. The van der Waals surface area contributed by atoms with Gasteiger partial charge < -0.3 is 25.0 Å². The monoisotopic (exact) mass is 574 g/mol. The molecule has 1 heterocycles. The fraction of sp³-hybridized carbons (Fsp3) is 0.391. The molecule has 1 fully saturated rings. The number of carbonyl (C=O) groups is 1. The van der Waals surface area contributed by atoms with Crippen LogP contribution >= 0.6 is 24.0 Å². The Morgan fingerprint density at radius 1 is 1.09 bits per heavy atom.